The second-order valence-electron chi connectivity index (χ2n) is 5.51. The lowest BCUT2D eigenvalue weighted by atomic mass is 9.83. The maximum absolute atomic E-state index is 12.4. The zero-order valence-electron chi connectivity index (χ0n) is 12.4. The molecule has 0 amide bonds. The van der Waals surface area contributed by atoms with E-state index in [2.05, 4.69) is 20.9 Å². The molecular formula is C19H16BrNO2. The Bertz CT molecular complexity index is 781. The summed E-state index contributed by atoms with van der Waals surface area (Å²) < 4.78 is 0.849. The topological polar surface area (TPSA) is 49.7 Å². The first-order chi connectivity index (χ1) is 11.1. The number of hydrogen-bond donors (Lipinski definition) is 1. The van der Waals surface area contributed by atoms with Gasteiger partial charge in [-0.3, -0.25) is 9.79 Å². The van der Waals surface area contributed by atoms with E-state index in [1.54, 1.807) is 0 Å². The summed E-state index contributed by atoms with van der Waals surface area (Å²) in [5.74, 6) is 0.0774. The predicted octanol–water partition coefficient (Wildman–Crippen LogP) is 5.11. The van der Waals surface area contributed by atoms with Crippen LogP contribution in [-0.2, 0) is 4.79 Å². The van der Waals surface area contributed by atoms with Crippen molar-refractivity contribution in [2.75, 3.05) is 0 Å². The van der Waals surface area contributed by atoms with E-state index in [1.165, 1.54) is 6.21 Å². The van der Waals surface area contributed by atoms with E-state index < -0.39 is 0 Å². The third kappa shape index (κ3) is 3.59. The molecule has 0 radical (unpaired) electrons. The number of aliphatic imine (C=N–C) groups is 1. The molecule has 116 valence electrons. The van der Waals surface area contributed by atoms with Gasteiger partial charge in [-0.05, 0) is 39.5 Å². The molecule has 2 aromatic carbocycles. The van der Waals surface area contributed by atoms with Gasteiger partial charge in [0.05, 0.1) is 11.3 Å². The average Bonchev–Trinajstić information content (AvgIpc) is 2.56. The lowest BCUT2D eigenvalue weighted by molar-refractivity contribution is -0.116. The number of nitrogens with zero attached hydrogens (tertiary/aromatic N) is 1. The molecule has 1 aliphatic rings. The number of hydrogen-bond acceptors (Lipinski definition) is 3. The van der Waals surface area contributed by atoms with Crippen molar-refractivity contribution >= 4 is 33.6 Å². The lowest BCUT2D eigenvalue weighted by Gasteiger charge is -2.22. The second-order valence-corrected chi connectivity index (χ2v) is 6.36. The minimum atomic E-state index is -0.0709. The molecule has 0 aromatic heterocycles. The lowest BCUT2D eigenvalue weighted by Crippen LogP contribution is -2.19. The minimum Gasteiger partial charge on any atom is -0.511 e. The minimum absolute atomic E-state index is 0.0318. The van der Waals surface area contributed by atoms with Crippen molar-refractivity contribution in [1.29, 1.82) is 0 Å². The fourth-order valence-electron chi connectivity index (χ4n) is 2.71. The largest absolute Gasteiger partial charge is 0.511 e. The van der Waals surface area contributed by atoms with Gasteiger partial charge in [-0.15, -0.1) is 0 Å². The summed E-state index contributed by atoms with van der Waals surface area (Å²) in [6.45, 7) is 0. The Morgan fingerprint density at radius 1 is 1.04 bits per heavy atom. The number of aliphatic hydroxyl groups is 1. The van der Waals surface area contributed by atoms with E-state index >= 15 is 0 Å². The van der Waals surface area contributed by atoms with Crippen LogP contribution in [0.25, 0.3) is 0 Å². The predicted molar refractivity (Wildman–Crippen MR) is 95.4 cm³/mol. The van der Waals surface area contributed by atoms with Crippen LogP contribution < -0.4 is 0 Å². The summed E-state index contributed by atoms with van der Waals surface area (Å²) in [5.41, 5.74) is 2.12. The van der Waals surface area contributed by atoms with Crippen LogP contribution in [0.5, 0.6) is 0 Å². The summed E-state index contributed by atoms with van der Waals surface area (Å²) in [6, 6.07) is 17.3. The van der Waals surface area contributed by atoms with Crippen LogP contribution in [0.4, 0.5) is 5.69 Å². The molecule has 2 aromatic rings. The van der Waals surface area contributed by atoms with Crippen molar-refractivity contribution in [2.45, 2.75) is 18.8 Å². The summed E-state index contributed by atoms with van der Waals surface area (Å²) >= 11 is 3.41. The molecule has 0 aliphatic heterocycles. The van der Waals surface area contributed by atoms with Crippen molar-refractivity contribution < 1.29 is 9.90 Å². The Labute approximate surface area is 143 Å². The number of Topliss-reactive ketones (excluding diaryl/α,β-unsaturated/α-hetero) is 1. The Morgan fingerprint density at radius 3 is 2.43 bits per heavy atom. The normalized spacial score (nSPS) is 18.7. The molecule has 1 unspecified atom stereocenters. The number of benzene rings is 2. The molecule has 0 saturated heterocycles. The van der Waals surface area contributed by atoms with Gasteiger partial charge in [0.25, 0.3) is 0 Å². The first kappa shape index (κ1) is 15.7. The van der Waals surface area contributed by atoms with Crippen LogP contribution in [0.1, 0.15) is 24.3 Å². The van der Waals surface area contributed by atoms with Gasteiger partial charge in [-0.2, -0.15) is 0 Å². The molecule has 0 bridgehead atoms. The Kier molecular flexibility index (Phi) is 4.72. The number of carbonyl (C=O) groups excluding carboxylic acids is 1. The number of rotatable bonds is 3. The van der Waals surface area contributed by atoms with E-state index in [0.717, 1.165) is 15.7 Å². The van der Waals surface area contributed by atoms with Gasteiger partial charge in [-0.1, -0.05) is 42.5 Å². The Hall–Kier alpha value is -2.20. The van der Waals surface area contributed by atoms with Crippen molar-refractivity contribution in [3.63, 3.8) is 0 Å². The van der Waals surface area contributed by atoms with Crippen molar-refractivity contribution in [2.24, 2.45) is 4.99 Å². The van der Waals surface area contributed by atoms with Gasteiger partial charge in [-0.25, -0.2) is 0 Å². The number of ketones is 1. The van der Waals surface area contributed by atoms with E-state index in [4.69, 9.17) is 0 Å². The third-order valence-corrected chi connectivity index (χ3v) is 4.61. The van der Waals surface area contributed by atoms with Gasteiger partial charge < -0.3 is 5.11 Å². The van der Waals surface area contributed by atoms with Gasteiger partial charge >= 0.3 is 0 Å². The summed E-state index contributed by atoms with van der Waals surface area (Å²) in [4.78, 5) is 16.7. The maximum Gasteiger partial charge on any atom is 0.168 e. The van der Waals surface area contributed by atoms with Gasteiger partial charge in [0.15, 0.2) is 5.78 Å². The zero-order valence-corrected chi connectivity index (χ0v) is 14.0. The average molecular weight is 370 g/mol. The fraction of sp³-hybridized carbons (Fsp3) is 0.158. The van der Waals surface area contributed by atoms with Crippen LogP contribution in [-0.4, -0.2) is 17.1 Å². The van der Waals surface area contributed by atoms with Crippen LogP contribution in [0.15, 0.2) is 75.4 Å². The first-order valence-electron chi connectivity index (χ1n) is 7.44. The molecule has 0 spiro atoms. The van der Waals surface area contributed by atoms with Crippen molar-refractivity contribution in [1.82, 2.24) is 0 Å². The highest BCUT2D eigenvalue weighted by atomic mass is 79.9. The van der Waals surface area contributed by atoms with Crippen LogP contribution in [0.2, 0.25) is 0 Å². The van der Waals surface area contributed by atoms with Gasteiger partial charge in [0.2, 0.25) is 0 Å². The molecule has 3 nitrogen and oxygen atoms in total. The first-order valence-corrected chi connectivity index (χ1v) is 8.23. The third-order valence-electron chi connectivity index (χ3n) is 3.94. The van der Waals surface area contributed by atoms with Gasteiger partial charge in [0, 0.05) is 23.5 Å². The molecule has 1 aliphatic carbocycles. The zero-order chi connectivity index (χ0) is 16.2. The van der Waals surface area contributed by atoms with Crippen LogP contribution in [0.3, 0.4) is 0 Å². The summed E-state index contributed by atoms with van der Waals surface area (Å²) in [5, 5.41) is 10.3. The molecule has 1 atom stereocenters. The number of carbonyl (C=O) groups is 1. The molecule has 3 rings (SSSR count). The molecule has 0 saturated carbocycles. The highest BCUT2D eigenvalue weighted by Crippen LogP contribution is 2.33. The molecule has 23 heavy (non-hydrogen) atoms. The monoisotopic (exact) mass is 369 g/mol. The quantitative estimate of drug-likeness (QED) is 0.764. The molecule has 0 fully saturated rings. The number of allylic oxidation sites excluding steroid dienone is 2. The standard InChI is InChI=1S/C19H16BrNO2/c20-16-8-4-5-9-17(16)21-12-15-18(22)10-14(11-19(15)23)13-6-2-1-3-7-13/h1-9,12,14,22H,10-11H2. The Balaban J connectivity index is 1.83. The highest BCUT2D eigenvalue weighted by Gasteiger charge is 2.27. The fourth-order valence-corrected chi connectivity index (χ4v) is 3.10. The van der Waals surface area contributed by atoms with Crippen molar-refractivity contribution in [3.8, 4) is 0 Å². The summed E-state index contributed by atoms with van der Waals surface area (Å²) in [7, 11) is 0. The van der Waals surface area contributed by atoms with Crippen LogP contribution >= 0.6 is 15.9 Å². The number of para-hydroxylation sites is 1. The molecular weight excluding hydrogens is 354 g/mol. The van der Waals surface area contributed by atoms with E-state index in [1.807, 2.05) is 54.6 Å². The molecule has 0 heterocycles. The van der Waals surface area contributed by atoms with Crippen LogP contribution in [0, 0.1) is 0 Å². The van der Waals surface area contributed by atoms with Gasteiger partial charge in [0.1, 0.15) is 5.76 Å². The maximum atomic E-state index is 12.4. The molecule has 4 heteroatoms. The Morgan fingerprint density at radius 2 is 1.74 bits per heavy atom. The van der Waals surface area contributed by atoms with E-state index in [-0.39, 0.29) is 17.5 Å². The van der Waals surface area contributed by atoms with E-state index in [9.17, 15) is 9.90 Å². The van der Waals surface area contributed by atoms with Crippen molar-refractivity contribution in [3.05, 3.63) is 76.0 Å². The molecule has 1 N–H and O–H groups in total. The summed E-state index contributed by atoms with van der Waals surface area (Å²) in [6.07, 6.45) is 2.33. The highest BCUT2D eigenvalue weighted by molar-refractivity contribution is 9.10. The number of aliphatic hydroxyl groups excluding tert-OH is 1. The SMILES string of the molecule is O=C1CC(c2ccccc2)CC(O)=C1C=Nc1ccccc1Br. The van der Waals surface area contributed by atoms with E-state index in [0.29, 0.717) is 18.4 Å². The number of halogens is 1. The smallest absolute Gasteiger partial charge is 0.168 e. The second kappa shape index (κ2) is 6.92.